The minimum Gasteiger partial charge on any atom is -0.354 e. The molecular formula is C14H25F3N2O. The summed E-state index contributed by atoms with van der Waals surface area (Å²) in [7, 11) is 0. The highest BCUT2D eigenvalue weighted by atomic mass is 19.4. The van der Waals surface area contributed by atoms with Gasteiger partial charge in [0.25, 0.3) is 0 Å². The van der Waals surface area contributed by atoms with Gasteiger partial charge in [-0.3, -0.25) is 4.79 Å². The number of alkyl halides is 3. The second-order valence-corrected chi connectivity index (χ2v) is 6.24. The van der Waals surface area contributed by atoms with E-state index in [2.05, 4.69) is 5.32 Å². The number of rotatable bonds is 5. The van der Waals surface area contributed by atoms with Crippen molar-refractivity contribution in [1.82, 2.24) is 5.32 Å². The predicted octanol–water partition coefficient (Wildman–Crippen LogP) is 2.84. The van der Waals surface area contributed by atoms with Gasteiger partial charge in [0.05, 0.1) is 5.92 Å². The third-order valence-electron chi connectivity index (χ3n) is 3.82. The van der Waals surface area contributed by atoms with E-state index in [1.54, 1.807) is 0 Å². The zero-order valence-corrected chi connectivity index (χ0v) is 12.2. The number of nitrogens with two attached hydrogens (primary N) is 1. The number of hydrogen-bond acceptors (Lipinski definition) is 2. The normalized spacial score (nSPS) is 25.6. The Labute approximate surface area is 118 Å². The van der Waals surface area contributed by atoms with Crippen molar-refractivity contribution in [1.29, 1.82) is 0 Å². The zero-order valence-electron chi connectivity index (χ0n) is 12.2. The molecule has 3 N–H and O–H groups in total. The van der Waals surface area contributed by atoms with E-state index in [9.17, 15) is 18.0 Å². The first-order valence-corrected chi connectivity index (χ1v) is 7.30. The minimum atomic E-state index is -4.19. The van der Waals surface area contributed by atoms with E-state index < -0.39 is 18.0 Å². The Kier molecular flexibility index (Phi) is 6.30. The number of carbonyl (C=O) groups excluding carboxylic acids is 1. The first-order chi connectivity index (χ1) is 9.20. The molecule has 0 aromatic carbocycles. The molecule has 118 valence electrons. The van der Waals surface area contributed by atoms with Gasteiger partial charge in [0, 0.05) is 18.5 Å². The van der Waals surface area contributed by atoms with E-state index in [4.69, 9.17) is 5.73 Å². The lowest BCUT2D eigenvalue weighted by molar-refractivity contribution is -0.186. The van der Waals surface area contributed by atoms with Gasteiger partial charge in [-0.2, -0.15) is 13.2 Å². The summed E-state index contributed by atoms with van der Waals surface area (Å²) in [5, 5.41) is 2.70. The van der Waals surface area contributed by atoms with E-state index in [-0.39, 0.29) is 24.8 Å². The van der Waals surface area contributed by atoms with Crippen LogP contribution in [-0.2, 0) is 4.79 Å². The smallest absolute Gasteiger partial charge is 0.354 e. The van der Waals surface area contributed by atoms with Crippen LogP contribution in [0, 0.1) is 17.8 Å². The van der Waals surface area contributed by atoms with Crippen molar-refractivity contribution < 1.29 is 18.0 Å². The third kappa shape index (κ3) is 5.69. The molecule has 1 amide bonds. The van der Waals surface area contributed by atoms with Crippen LogP contribution in [0.25, 0.3) is 0 Å². The molecule has 0 aromatic heterocycles. The fourth-order valence-electron chi connectivity index (χ4n) is 2.79. The summed E-state index contributed by atoms with van der Waals surface area (Å²) in [6.07, 6.45) is -2.35. The molecule has 0 aromatic rings. The lowest BCUT2D eigenvalue weighted by Gasteiger charge is -2.30. The number of nitrogens with one attached hydrogen (secondary N) is 1. The van der Waals surface area contributed by atoms with Crippen LogP contribution in [0.3, 0.4) is 0 Å². The van der Waals surface area contributed by atoms with Crippen molar-refractivity contribution in [3.05, 3.63) is 0 Å². The van der Waals surface area contributed by atoms with Crippen LogP contribution in [0.5, 0.6) is 0 Å². The molecular weight excluding hydrogens is 269 g/mol. The van der Waals surface area contributed by atoms with Gasteiger partial charge in [-0.05, 0) is 31.6 Å². The maximum absolute atomic E-state index is 12.7. The van der Waals surface area contributed by atoms with Crippen LogP contribution < -0.4 is 11.1 Å². The molecule has 3 atom stereocenters. The molecule has 0 saturated heterocycles. The van der Waals surface area contributed by atoms with Crippen molar-refractivity contribution in [2.75, 3.05) is 6.54 Å². The highest BCUT2D eigenvalue weighted by Gasteiger charge is 2.43. The standard InChI is InChI=1S/C14H25F3N2O/c1-9(2)6-12(18)8-19-13(20)10-4-3-5-11(7-10)14(15,16)17/h9-12H,3-8,18H2,1-2H3,(H,19,20). The lowest BCUT2D eigenvalue weighted by Crippen LogP contribution is -2.42. The van der Waals surface area contributed by atoms with Crippen molar-refractivity contribution in [3.8, 4) is 0 Å². The molecule has 1 fully saturated rings. The van der Waals surface area contributed by atoms with Gasteiger partial charge in [-0.1, -0.05) is 20.3 Å². The van der Waals surface area contributed by atoms with Gasteiger partial charge in [0.15, 0.2) is 0 Å². The summed E-state index contributed by atoms with van der Waals surface area (Å²) >= 11 is 0. The van der Waals surface area contributed by atoms with E-state index in [1.807, 2.05) is 13.8 Å². The quantitative estimate of drug-likeness (QED) is 0.819. The fourth-order valence-corrected chi connectivity index (χ4v) is 2.79. The van der Waals surface area contributed by atoms with Crippen molar-refractivity contribution in [3.63, 3.8) is 0 Å². The average Bonchev–Trinajstić information content (AvgIpc) is 2.34. The summed E-state index contributed by atoms with van der Waals surface area (Å²) in [6, 6.07) is -0.138. The van der Waals surface area contributed by atoms with E-state index >= 15 is 0 Å². The van der Waals surface area contributed by atoms with Crippen molar-refractivity contribution in [2.24, 2.45) is 23.5 Å². The zero-order chi connectivity index (χ0) is 15.3. The van der Waals surface area contributed by atoms with E-state index in [0.29, 0.717) is 25.3 Å². The van der Waals surface area contributed by atoms with Gasteiger partial charge >= 0.3 is 6.18 Å². The molecule has 0 aliphatic heterocycles. The van der Waals surface area contributed by atoms with Crippen LogP contribution in [0.2, 0.25) is 0 Å². The Balaban J connectivity index is 2.39. The average molecular weight is 294 g/mol. The van der Waals surface area contributed by atoms with Crippen LogP contribution in [0.4, 0.5) is 13.2 Å². The third-order valence-corrected chi connectivity index (χ3v) is 3.82. The van der Waals surface area contributed by atoms with Crippen molar-refractivity contribution >= 4 is 5.91 Å². The van der Waals surface area contributed by atoms with Gasteiger partial charge in [0.2, 0.25) is 5.91 Å². The molecule has 1 aliphatic carbocycles. The molecule has 3 nitrogen and oxygen atoms in total. The maximum Gasteiger partial charge on any atom is 0.391 e. The van der Waals surface area contributed by atoms with Gasteiger partial charge in [0.1, 0.15) is 0 Å². The Hall–Kier alpha value is -0.780. The molecule has 3 unspecified atom stereocenters. The monoisotopic (exact) mass is 294 g/mol. The topological polar surface area (TPSA) is 55.1 Å². The molecule has 0 radical (unpaired) electrons. The number of hydrogen-bond donors (Lipinski definition) is 2. The summed E-state index contributed by atoms with van der Waals surface area (Å²) in [6.45, 7) is 4.41. The number of halogens is 3. The van der Waals surface area contributed by atoms with Gasteiger partial charge < -0.3 is 11.1 Å². The number of amides is 1. The van der Waals surface area contributed by atoms with Crippen LogP contribution in [0.1, 0.15) is 46.0 Å². The highest BCUT2D eigenvalue weighted by Crippen LogP contribution is 2.39. The van der Waals surface area contributed by atoms with Crippen molar-refractivity contribution in [2.45, 2.75) is 58.2 Å². The molecule has 6 heteroatoms. The Morgan fingerprint density at radius 1 is 1.35 bits per heavy atom. The predicted molar refractivity (Wildman–Crippen MR) is 71.9 cm³/mol. The molecule has 0 spiro atoms. The first-order valence-electron chi connectivity index (χ1n) is 7.30. The summed E-state index contributed by atoms with van der Waals surface area (Å²) < 4.78 is 38.1. The Bertz CT molecular complexity index is 318. The molecule has 1 rings (SSSR count). The maximum atomic E-state index is 12.7. The molecule has 20 heavy (non-hydrogen) atoms. The second kappa shape index (κ2) is 7.29. The Morgan fingerprint density at radius 2 is 2.00 bits per heavy atom. The van der Waals surface area contributed by atoms with Crippen LogP contribution in [0.15, 0.2) is 0 Å². The molecule has 0 heterocycles. The van der Waals surface area contributed by atoms with Gasteiger partial charge in [-0.25, -0.2) is 0 Å². The SMILES string of the molecule is CC(C)CC(N)CNC(=O)C1CCCC(C(F)(F)F)C1. The highest BCUT2D eigenvalue weighted by molar-refractivity contribution is 5.78. The summed E-state index contributed by atoms with van der Waals surface area (Å²) in [5.41, 5.74) is 5.85. The summed E-state index contributed by atoms with van der Waals surface area (Å²) in [4.78, 5) is 11.9. The molecule has 1 saturated carbocycles. The number of carbonyl (C=O) groups is 1. The van der Waals surface area contributed by atoms with Gasteiger partial charge in [-0.15, -0.1) is 0 Å². The largest absolute Gasteiger partial charge is 0.391 e. The van der Waals surface area contributed by atoms with E-state index in [1.165, 1.54) is 0 Å². The second-order valence-electron chi connectivity index (χ2n) is 6.24. The lowest BCUT2D eigenvalue weighted by atomic mass is 9.80. The molecule has 1 aliphatic rings. The minimum absolute atomic E-state index is 0.0885. The van der Waals surface area contributed by atoms with E-state index in [0.717, 1.165) is 6.42 Å². The fraction of sp³-hybridized carbons (Fsp3) is 0.929. The molecule has 0 bridgehead atoms. The Morgan fingerprint density at radius 3 is 2.55 bits per heavy atom. The first kappa shape index (κ1) is 17.3. The summed E-state index contributed by atoms with van der Waals surface area (Å²) in [5.74, 6) is -1.71. The van der Waals surface area contributed by atoms with Crippen LogP contribution >= 0.6 is 0 Å². The van der Waals surface area contributed by atoms with Crippen LogP contribution in [-0.4, -0.2) is 24.7 Å².